The van der Waals surface area contributed by atoms with Gasteiger partial charge in [0.1, 0.15) is 5.82 Å². The Labute approximate surface area is 147 Å². The second kappa shape index (κ2) is 6.76. The van der Waals surface area contributed by atoms with Crippen LogP contribution in [0.2, 0.25) is 0 Å². The van der Waals surface area contributed by atoms with Gasteiger partial charge in [-0.3, -0.25) is 4.98 Å². The molecular weight excluding hydrogens is 312 g/mol. The molecule has 0 N–H and O–H groups in total. The molecule has 0 amide bonds. The van der Waals surface area contributed by atoms with Gasteiger partial charge in [-0.1, -0.05) is 19.1 Å². The molecule has 0 saturated carbocycles. The molecular formula is C20H22N4O. The molecule has 128 valence electrons. The van der Waals surface area contributed by atoms with E-state index >= 15 is 0 Å². The summed E-state index contributed by atoms with van der Waals surface area (Å²) in [5.41, 5.74) is 1.87. The largest absolute Gasteiger partial charge is 0.376 e. The first-order valence-corrected chi connectivity index (χ1v) is 8.70. The molecule has 3 aromatic rings. The van der Waals surface area contributed by atoms with Crippen molar-refractivity contribution in [3.05, 3.63) is 48.8 Å². The maximum atomic E-state index is 5.89. The Hall–Kier alpha value is -2.53. The van der Waals surface area contributed by atoms with Crippen molar-refractivity contribution in [1.29, 1.82) is 0 Å². The zero-order chi connectivity index (χ0) is 17.2. The first-order chi connectivity index (χ1) is 12.2. The van der Waals surface area contributed by atoms with Gasteiger partial charge in [-0.25, -0.2) is 9.97 Å². The van der Waals surface area contributed by atoms with Gasteiger partial charge in [-0.2, -0.15) is 0 Å². The number of aromatic nitrogens is 3. The number of benzene rings is 1. The van der Waals surface area contributed by atoms with Gasteiger partial charge in [0.15, 0.2) is 5.82 Å². The van der Waals surface area contributed by atoms with Crippen LogP contribution in [0.4, 0.5) is 5.82 Å². The molecule has 2 unspecified atom stereocenters. The third-order valence-electron chi connectivity index (χ3n) is 4.62. The van der Waals surface area contributed by atoms with Gasteiger partial charge < -0.3 is 9.64 Å². The quantitative estimate of drug-likeness (QED) is 0.730. The predicted molar refractivity (Wildman–Crippen MR) is 99.6 cm³/mol. The van der Waals surface area contributed by atoms with E-state index in [1.807, 2.05) is 30.3 Å². The van der Waals surface area contributed by atoms with Crippen molar-refractivity contribution in [1.82, 2.24) is 15.0 Å². The summed E-state index contributed by atoms with van der Waals surface area (Å²) in [6.45, 7) is 3.92. The van der Waals surface area contributed by atoms with E-state index < -0.39 is 0 Å². The standard InChI is InChI=1S/C20H22N4O/c1-14-10-16(25-13-14)12-24(2)20-17-7-3-4-8-18(17)22-19(23-20)15-6-5-9-21-11-15/h3-9,11,14,16H,10,12-13H2,1-2H3. The highest BCUT2D eigenvalue weighted by Gasteiger charge is 2.24. The van der Waals surface area contributed by atoms with E-state index in [1.165, 1.54) is 0 Å². The van der Waals surface area contributed by atoms with Crippen molar-refractivity contribution in [2.24, 2.45) is 5.92 Å². The van der Waals surface area contributed by atoms with Crippen LogP contribution in [0.5, 0.6) is 0 Å². The number of pyridine rings is 1. The van der Waals surface area contributed by atoms with Gasteiger partial charge in [0.05, 0.1) is 11.6 Å². The minimum atomic E-state index is 0.260. The van der Waals surface area contributed by atoms with Crippen molar-refractivity contribution in [2.45, 2.75) is 19.4 Å². The third kappa shape index (κ3) is 3.33. The monoisotopic (exact) mass is 334 g/mol. The van der Waals surface area contributed by atoms with Crippen LogP contribution in [0.3, 0.4) is 0 Å². The van der Waals surface area contributed by atoms with Gasteiger partial charge in [0, 0.05) is 43.5 Å². The highest BCUT2D eigenvalue weighted by atomic mass is 16.5. The van der Waals surface area contributed by atoms with E-state index in [4.69, 9.17) is 14.7 Å². The molecule has 1 aliphatic heterocycles. The van der Waals surface area contributed by atoms with Crippen LogP contribution in [-0.4, -0.2) is 41.3 Å². The molecule has 0 radical (unpaired) electrons. The van der Waals surface area contributed by atoms with Crippen LogP contribution in [0.25, 0.3) is 22.3 Å². The highest BCUT2D eigenvalue weighted by Crippen LogP contribution is 2.28. The average Bonchev–Trinajstić information content (AvgIpc) is 3.06. The van der Waals surface area contributed by atoms with E-state index in [-0.39, 0.29) is 6.10 Å². The fourth-order valence-electron chi connectivity index (χ4n) is 3.38. The molecule has 5 heteroatoms. The average molecular weight is 334 g/mol. The molecule has 1 aromatic carbocycles. The minimum absolute atomic E-state index is 0.260. The first kappa shape index (κ1) is 16.0. The lowest BCUT2D eigenvalue weighted by atomic mass is 10.1. The predicted octanol–water partition coefficient (Wildman–Crippen LogP) is 3.55. The van der Waals surface area contributed by atoms with E-state index in [2.05, 4.69) is 29.9 Å². The molecule has 3 heterocycles. The summed E-state index contributed by atoms with van der Waals surface area (Å²) in [6, 6.07) is 12.0. The van der Waals surface area contributed by atoms with E-state index in [1.54, 1.807) is 12.4 Å². The summed E-state index contributed by atoms with van der Waals surface area (Å²) in [5.74, 6) is 2.27. The molecule has 4 rings (SSSR count). The molecule has 2 aromatic heterocycles. The zero-order valence-electron chi connectivity index (χ0n) is 14.6. The Balaban J connectivity index is 1.73. The molecule has 25 heavy (non-hydrogen) atoms. The number of fused-ring (bicyclic) bond motifs is 1. The smallest absolute Gasteiger partial charge is 0.163 e. The summed E-state index contributed by atoms with van der Waals surface area (Å²) >= 11 is 0. The number of anilines is 1. The highest BCUT2D eigenvalue weighted by molar-refractivity contribution is 5.90. The Morgan fingerprint density at radius 3 is 2.80 bits per heavy atom. The molecule has 1 fully saturated rings. The summed E-state index contributed by atoms with van der Waals surface area (Å²) in [4.78, 5) is 16.0. The SMILES string of the molecule is CC1COC(CN(C)c2nc(-c3cccnc3)nc3ccccc23)C1. The van der Waals surface area contributed by atoms with Crippen LogP contribution in [-0.2, 0) is 4.74 Å². The van der Waals surface area contributed by atoms with Crippen LogP contribution in [0.15, 0.2) is 48.8 Å². The molecule has 2 atom stereocenters. The van der Waals surface area contributed by atoms with E-state index in [0.717, 1.165) is 41.9 Å². The van der Waals surface area contributed by atoms with E-state index in [0.29, 0.717) is 11.7 Å². The lowest BCUT2D eigenvalue weighted by Gasteiger charge is -2.23. The van der Waals surface area contributed by atoms with Crippen LogP contribution >= 0.6 is 0 Å². The number of rotatable bonds is 4. The second-order valence-corrected chi connectivity index (χ2v) is 6.81. The van der Waals surface area contributed by atoms with Gasteiger partial charge in [-0.15, -0.1) is 0 Å². The van der Waals surface area contributed by atoms with E-state index in [9.17, 15) is 0 Å². The molecule has 1 saturated heterocycles. The molecule has 0 aliphatic carbocycles. The molecule has 1 aliphatic rings. The molecule has 0 bridgehead atoms. The van der Waals surface area contributed by atoms with Crippen LogP contribution in [0.1, 0.15) is 13.3 Å². The zero-order valence-corrected chi connectivity index (χ0v) is 14.6. The lowest BCUT2D eigenvalue weighted by Crippen LogP contribution is -2.29. The van der Waals surface area contributed by atoms with Crippen molar-refractivity contribution >= 4 is 16.7 Å². The number of ether oxygens (including phenoxy) is 1. The fourth-order valence-corrected chi connectivity index (χ4v) is 3.38. The number of likely N-dealkylation sites (N-methyl/N-ethyl adjacent to an activating group) is 1. The van der Waals surface area contributed by atoms with Crippen molar-refractivity contribution < 1.29 is 4.74 Å². The second-order valence-electron chi connectivity index (χ2n) is 6.81. The van der Waals surface area contributed by atoms with Crippen molar-refractivity contribution in [3.8, 4) is 11.4 Å². The van der Waals surface area contributed by atoms with Gasteiger partial charge >= 0.3 is 0 Å². The number of hydrogen-bond acceptors (Lipinski definition) is 5. The summed E-state index contributed by atoms with van der Waals surface area (Å²) < 4.78 is 5.89. The first-order valence-electron chi connectivity index (χ1n) is 8.70. The number of hydrogen-bond donors (Lipinski definition) is 0. The maximum Gasteiger partial charge on any atom is 0.163 e. The summed E-state index contributed by atoms with van der Waals surface area (Å²) in [7, 11) is 2.08. The van der Waals surface area contributed by atoms with Crippen molar-refractivity contribution in [2.75, 3.05) is 25.1 Å². The Kier molecular flexibility index (Phi) is 4.32. The molecule has 5 nitrogen and oxygen atoms in total. The number of para-hydroxylation sites is 1. The summed E-state index contributed by atoms with van der Waals surface area (Å²) in [6.07, 6.45) is 4.92. The van der Waals surface area contributed by atoms with Crippen LogP contribution < -0.4 is 4.90 Å². The van der Waals surface area contributed by atoms with Gasteiger partial charge in [0.2, 0.25) is 0 Å². The topological polar surface area (TPSA) is 51.1 Å². The normalized spacial score (nSPS) is 20.1. The Bertz CT molecular complexity index is 868. The third-order valence-corrected chi connectivity index (χ3v) is 4.62. The number of nitrogens with zero attached hydrogens (tertiary/aromatic N) is 4. The molecule has 0 spiro atoms. The van der Waals surface area contributed by atoms with Gasteiger partial charge in [0.25, 0.3) is 0 Å². The maximum absolute atomic E-state index is 5.89. The summed E-state index contributed by atoms with van der Waals surface area (Å²) in [5, 5.41) is 1.06. The lowest BCUT2D eigenvalue weighted by molar-refractivity contribution is 0.112. The van der Waals surface area contributed by atoms with Crippen LogP contribution in [0, 0.1) is 5.92 Å². The Morgan fingerprint density at radius 2 is 2.04 bits per heavy atom. The van der Waals surface area contributed by atoms with Crippen molar-refractivity contribution in [3.63, 3.8) is 0 Å². The fraction of sp³-hybridized carbons (Fsp3) is 0.350. The Morgan fingerprint density at radius 1 is 1.16 bits per heavy atom. The minimum Gasteiger partial charge on any atom is -0.376 e. The van der Waals surface area contributed by atoms with Gasteiger partial charge in [-0.05, 0) is 36.6 Å².